The minimum absolute atomic E-state index is 0.0516. The van der Waals surface area contributed by atoms with Crippen LogP contribution in [0.25, 0.3) is 0 Å². The second-order valence-corrected chi connectivity index (χ2v) is 9.00. The first-order valence-electron chi connectivity index (χ1n) is 9.42. The molecule has 1 aromatic heterocycles. The molecule has 0 fully saturated rings. The molecule has 0 spiro atoms. The molecule has 0 amide bonds. The van der Waals surface area contributed by atoms with E-state index in [1.807, 2.05) is 48.9 Å². The summed E-state index contributed by atoms with van der Waals surface area (Å²) in [7, 11) is -3.94. The van der Waals surface area contributed by atoms with E-state index in [4.69, 9.17) is 0 Å². The third kappa shape index (κ3) is 4.42. The van der Waals surface area contributed by atoms with E-state index in [0.717, 1.165) is 28.6 Å². The molecule has 1 heterocycles. The second-order valence-electron chi connectivity index (χ2n) is 7.26. The zero-order valence-electron chi connectivity index (χ0n) is 17.3. The molecule has 2 aromatic carbocycles. The average molecular weight is 429 g/mol. The Balaban J connectivity index is 1.86. The molecule has 8 nitrogen and oxygen atoms in total. The summed E-state index contributed by atoms with van der Waals surface area (Å²) >= 11 is 0. The SMILES string of the molecule is Cc1cc([N+](=O)[O-])cc(S(=O)(=O)NCc2c(C)nn(Cc3ccccc3)c2C)c1C. The molecular formula is C21H24N4O4S. The van der Waals surface area contributed by atoms with E-state index in [-0.39, 0.29) is 17.1 Å². The highest BCUT2D eigenvalue weighted by atomic mass is 32.2. The quantitative estimate of drug-likeness (QED) is 0.457. The van der Waals surface area contributed by atoms with Crippen LogP contribution in [0, 0.1) is 37.8 Å². The fourth-order valence-electron chi connectivity index (χ4n) is 3.34. The zero-order chi connectivity index (χ0) is 22.1. The molecule has 0 saturated carbocycles. The first kappa shape index (κ1) is 21.7. The van der Waals surface area contributed by atoms with Crippen LogP contribution in [0.3, 0.4) is 0 Å². The van der Waals surface area contributed by atoms with Crippen LogP contribution in [0.1, 0.15) is 33.6 Å². The van der Waals surface area contributed by atoms with E-state index in [2.05, 4.69) is 9.82 Å². The maximum absolute atomic E-state index is 12.9. The van der Waals surface area contributed by atoms with Gasteiger partial charge < -0.3 is 0 Å². The van der Waals surface area contributed by atoms with Crippen LogP contribution in [-0.4, -0.2) is 23.1 Å². The van der Waals surface area contributed by atoms with Gasteiger partial charge in [0.15, 0.2) is 0 Å². The summed E-state index contributed by atoms with van der Waals surface area (Å²) < 4.78 is 30.3. The Morgan fingerprint density at radius 1 is 1.10 bits per heavy atom. The fourth-order valence-corrected chi connectivity index (χ4v) is 4.67. The highest BCUT2D eigenvalue weighted by Crippen LogP contribution is 2.26. The zero-order valence-corrected chi connectivity index (χ0v) is 18.2. The van der Waals surface area contributed by atoms with Crippen LogP contribution < -0.4 is 4.72 Å². The summed E-state index contributed by atoms with van der Waals surface area (Å²) in [6.45, 7) is 7.67. The molecule has 158 valence electrons. The van der Waals surface area contributed by atoms with Gasteiger partial charge in [-0.25, -0.2) is 13.1 Å². The molecule has 30 heavy (non-hydrogen) atoms. The highest BCUT2D eigenvalue weighted by molar-refractivity contribution is 7.89. The normalized spacial score (nSPS) is 11.6. The first-order valence-corrected chi connectivity index (χ1v) is 10.9. The number of sulfonamides is 1. The molecule has 0 saturated heterocycles. The summed E-state index contributed by atoms with van der Waals surface area (Å²) in [6, 6.07) is 12.3. The predicted octanol–water partition coefficient (Wildman–Crippen LogP) is 3.55. The molecule has 0 aliphatic carbocycles. The van der Waals surface area contributed by atoms with Gasteiger partial charge >= 0.3 is 0 Å². The number of hydrogen-bond acceptors (Lipinski definition) is 5. The van der Waals surface area contributed by atoms with Crippen LogP contribution >= 0.6 is 0 Å². The van der Waals surface area contributed by atoms with Crippen molar-refractivity contribution in [2.24, 2.45) is 0 Å². The van der Waals surface area contributed by atoms with E-state index < -0.39 is 14.9 Å². The molecule has 0 aliphatic heterocycles. The number of aryl methyl sites for hydroxylation is 2. The van der Waals surface area contributed by atoms with Gasteiger partial charge in [0, 0.05) is 29.9 Å². The number of nitrogens with zero attached hydrogens (tertiary/aromatic N) is 3. The lowest BCUT2D eigenvalue weighted by Crippen LogP contribution is -2.25. The van der Waals surface area contributed by atoms with E-state index in [1.54, 1.807) is 13.8 Å². The number of rotatable bonds is 7. The Hall–Kier alpha value is -3.04. The predicted molar refractivity (Wildman–Crippen MR) is 114 cm³/mol. The third-order valence-electron chi connectivity index (χ3n) is 5.25. The second kappa shape index (κ2) is 8.37. The standard InChI is InChI=1S/C21H24N4O4S/c1-14-10-19(25(26)27)11-21(15(14)2)30(28,29)22-12-20-16(3)23-24(17(20)4)13-18-8-6-5-7-9-18/h5-11,22H,12-13H2,1-4H3. The van der Waals surface area contributed by atoms with E-state index in [0.29, 0.717) is 17.7 Å². The highest BCUT2D eigenvalue weighted by Gasteiger charge is 2.23. The van der Waals surface area contributed by atoms with Crippen LogP contribution in [0.15, 0.2) is 47.4 Å². The number of benzene rings is 2. The van der Waals surface area contributed by atoms with Gasteiger partial charge in [0.25, 0.3) is 5.69 Å². The topological polar surface area (TPSA) is 107 Å². The van der Waals surface area contributed by atoms with Gasteiger partial charge in [0.1, 0.15) is 0 Å². The minimum atomic E-state index is -3.94. The monoisotopic (exact) mass is 428 g/mol. The maximum atomic E-state index is 12.9. The Labute approximate surface area is 175 Å². The largest absolute Gasteiger partial charge is 0.271 e. The van der Waals surface area contributed by atoms with Crippen molar-refractivity contribution in [3.63, 3.8) is 0 Å². The number of non-ortho nitro benzene ring substituents is 1. The van der Waals surface area contributed by atoms with Crippen molar-refractivity contribution >= 4 is 15.7 Å². The molecule has 0 aliphatic rings. The lowest BCUT2D eigenvalue weighted by atomic mass is 10.1. The molecule has 0 radical (unpaired) electrons. The fraction of sp³-hybridized carbons (Fsp3) is 0.286. The van der Waals surface area contributed by atoms with Gasteiger partial charge in [0.05, 0.1) is 22.1 Å². The summed E-state index contributed by atoms with van der Waals surface area (Å²) in [4.78, 5) is 10.5. The Kier molecular flexibility index (Phi) is 6.04. The summed E-state index contributed by atoms with van der Waals surface area (Å²) in [5, 5.41) is 15.7. The van der Waals surface area contributed by atoms with Crippen molar-refractivity contribution in [2.75, 3.05) is 0 Å². The lowest BCUT2D eigenvalue weighted by Gasteiger charge is -2.12. The Morgan fingerprint density at radius 2 is 1.77 bits per heavy atom. The number of nitro benzene ring substituents is 1. The van der Waals surface area contributed by atoms with Gasteiger partial charge in [-0.15, -0.1) is 0 Å². The number of hydrogen-bond donors (Lipinski definition) is 1. The van der Waals surface area contributed by atoms with Crippen molar-refractivity contribution in [1.82, 2.24) is 14.5 Å². The molecule has 3 aromatic rings. The molecule has 0 atom stereocenters. The summed E-state index contributed by atoms with van der Waals surface area (Å²) in [5.41, 5.74) is 4.27. The Bertz CT molecular complexity index is 1200. The van der Waals surface area contributed by atoms with Crippen molar-refractivity contribution in [3.8, 4) is 0 Å². The minimum Gasteiger partial charge on any atom is -0.265 e. The molecular weight excluding hydrogens is 404 g/mol. The summed E-state index contributed by atoms with van der Waals surface area (Å²) in [6.07, 6.45) is 0. The lowest BCUT2D eigenvalue weighted by molar-refractivity contribution is -0.385. The van der Waals surface area contributed by atoms with Gasteiger partial charge in [-0.2, -0.15) is 5.10 Å². The van der Waals surface area contributed by atoms with Gasteiger partial charge in [-0.05, 0) is 44.4 Å². The number of nitrogens with one attached hydrogen (secondary N) is 1. The average Bonchev–Trinajstić information content (AvgIpc) is 2.95. The van der Waals surface area contributed by atoms with Crippen LogP contribution in [-0.2, 0) is 23.1 Å². The van der Waals surface area contributed by atoms with E-state index in [9.17, 15) is 18.5 Å². The van der Waals surface area contributed by atoms with Gasteiger partial charge in [-0.3, -0.25) is 14.8 Å². The van der Waals surface area contributed by atoms with Crippen molar-refractivity contribution in [3.05, 3.63) is 86.2 Å². The summed E-state index contributed by atoms with van der Waals surface area (Å²) in [5.74, 6) is 0. The van der Waals surface area contributed by atoms with Crippen LogP contribution in [0.2, 0.25) is 0 Å². The van der Waals surface area contributed by atoms with E-state index in [1.165, 1.54) is 6.07 Å². The Morgan fingerprint density at radius 3 is 2.40 bits per heavy atom. The van der Waals surface area contributed by atoms with Gasteiger partial charge in [-0.1, -0.05) is 30.3 Å². The van der Waals surface area contributed by atoms with Crippen LogP contribution in [0.4, 0.5) is 5.69 Å². The van der Waals surface area contributed by atoms with Gasteiger partial charge in [0.2, 0.25) is 10.0 Å². The molecule has 9 heteroatoms. The maximum Gasteiger partial charge on any atom is 0.271 e. The molecule has 1 N–H and O–H groups in total. The first-order chi connectivity index (χ1) is 14.1. The van der Waals surface area contributed by atoms with Crippen molar-refractivity contribution in [1.29, 1.82) is 0 Å². The smallest absolute Gasteiger partial charge is 0.265 e. The molecule has 3 rings (SSSR count). The van der Waals surface area contributed by atoms with Crippen molar-refractivity contribution in [2.45, 2.75) is 45.7 Å². The van der Waals surface area contributed by atoms with E-state index >= 15 is 0 Å². The van der Waals surface area contributed by atoms with Crippen molar-refractivity contribution < 1.29 is 13.3 Å². The third-order valence-corrected chi connectivity index (χ3v) is 6.78. The number of nitro groups is 1. The molecule has 0 unspecified atom stereocenters. The number of aromatic nitrogens is 2. The molecule has 0 bridgehead atoms. The van der Waals surface area contributed by atoms with Crippen LogP contribution in [0.5, 0.6) is 0 Å².